The Labute approximate surface area is 83.8 Å². The first-order valence-corrected chi connectivity index (χ1v) is 4.20. The molecule has 2 aromatic heterocycles. The van der Waals surface area contributed by atoms with Crippen LogP contribution in [0.3, 0.4) is 0 Å². The molecular formula is C8H9N5O2. The average Bonchev–Trinajstić information content (AvgIpc) is 2.23. The van der Waals surface area contributed by atoms with Crippen LogP contribution in [0.25, 0.3) is 11.0 Å². The summed E-state index contributed by atoms with van der Waals surface area (Å²) in [6, 6.07) is 0. The van der Waals surface area contributed by atoms with E-state index in [-0.39, 0.29) is 16.9 Å². The Kier molecular flexibility index (Phi) is 1.82. The summed E-state index contributed by atoms with van der Waals surface area (Å²) in [7, 11) is 2.91. The van der Waals surface area contributed by atoms with Gasteiger partial charge in [-0.25, -0.2) is 14.8 Å². The van der Waals surface area contributed by atoms with Crippen molar-refractivity contribution in [2.24, 2.45) is 14.1 Å². The maximum absolute atomic E-state index is 11.7. The lowest BCUT2D eigenvalue weighted by molar-refractivity contribution is 0.706. The molecule has 15 heavy (non-hydrogen) atoms. The van der Waals surface area contributed by atoms with Crippen molar-refractivity contribution in [3.8, 4) is 0 Å². The summed E-state index contributed by atoms with van der Waals surface area (Å²) in [5, 5.41) is 0.169. The number of nitrogen functional groups attached to an aromatic ring is 1. The summed E-state index contributed by atoms with van der Waals surface area (Å²) < 4.78 is 2.23. The summed E-state index contributed by atoms with van der Waals surface area (Å²) in [6.07, 6.45) is 1.22. The fourth-order valence-corrected chi connectivity index (χ4v) is 1.42. The van der Waals surface area contributed by atoms with Gasteiger partial charge in [-0.2, -0.15) is 0 Å². The van der Waals surface area contributed by atoms with Crippen molar-refractivity contribution in [2.45, 2.75) is 0 Å². The Bertz CT molecular complexity index is 654. The van der Waals surface area contributed by atoms with Gasteiger partial charge >= 0.3 is 5.69 Å². The van der Waals surface area contributed by atoms with E-state index in [4.69, 9.17) is 5.73 Å². The minimum Gasteiger partial charge on any atom is -0.383 e. The van der Waals surface area contributed by atoms with Crippen molar-refractivity contribution < 1.29 is 0 Å². The van der Waals surface area contributed by atoms with Crippen LogP contribution in [0.2, 0.25) is 0 Å². The number of hydrogen-bond acceptors (Lipinski definition) is 5. The molecular weight excluding hydrogens is 198 g/mol. The van der Waals surface area contributed by atoms with E-state index in [0.717, 1.165) is 4.57 Å². The first kappa shape index (κ1) is 9.38. The maximum Gasteiger partial charge on any atom is 0.332 e. The van der Waals surface area contributed by atoms with Crippen LogP contribution in [0.5, 0.6) is 0 Å². The van der Waals surface area contributed by atoms with Crippen molar-refractivity contribution in [1.29, 1.82) is 0 Å². The van der Waals surface area contributed by atoms with Gasteiger partial charge in [0.25, 0.3) is 5.56 Å². The van der Waals surface area contributed by atoms with E-state index in [0.29, 0.717) is 0 Å². The molecule has 0 saturated carbocycles. The summed E-state index contributed by atoms with van der Waals surface area (Å²) in [4.78, 5) is 30.8. The molecule has 0 fully saturated rings. The van der Waals surface area contributed by atoms with Crippen LogP contribution in [0.15, 0.2) is 15.9 Å². The third-order valence-corrected chi connectivity index (χ3v) is 2.27. The first-order valence-electron chi connectivity index (χ1n) is 4.20. The molecule has 2 N–H and O–H groups in total. The molecule has 0 saturated heterocycles. The van der Waals surface area contributed by atoms with E-state index in [2.05, 4.69) is 9.97 Å². The Morgan fingerprint density at radius 2 is 1.87 bits per heavy atom. The molecule has 0 aliphatic heterocycles. The Morgan fingerprint density at radius 1 is 1.20 bits per heavy atom. The number of nitrogens with zero attached hydrogens (tertiary/aromatic N) is 4. The lowest BCUT2D eigenvalue weighted by Crippen LogP contribution is -2.37. The predicted molar refractivity (Wildman–Crippen MR) is 54.4 cm³/mol. The van der Waals surface area contributed by atoms with Crippen molar-refractivity contribution in [1.82, 2.24) is 19.1 Å². The summed E-state index contributed by atoms with van der Waals surface area (Å²) >= 11 is 0. The second kappa shape index (κ2) is 2.91. The normalized spacial score (nSPS) is 10.8. The number of anilines is 1. The largest absolute Gasteiger partial charge is 0.383 e. The van der Waals surface area contributed by atoms with Crippen LogP contribution in [0.4, 0.5) is 5.82 Å². The van der Waals surface area contributed by atoms with Gasteiger partial charge in [0.2, 0.25) is 0 Å². The molecule has 0 unspecified atom stereocenters. The summed E-state index contributed by atoms with van der Waals surface area (Å²) in [6.45, 7) is 0. The maximum atomic E-state index is 11.7. The van der Waals surface area contributed by atoms with Gasteiger partial charge in [0.05, 0.1) is 0 Å². The molecule has 78 valence electrons. The number of rotatable bonds is 0. The molecule has 2 aromatic rings. The SMILES string of the molecule is Cn1c(=O)c2c(N)ncnc2n(C)c1=O. The van der Waals surface area contributed by atoms with Gasteiger partial charge < -0.3 is 5.73 Å². The van der Waals surface area contributed by atoms with Crippen LogP contribution < -0.4 is 17.0 Å². The van der Waals surface area contributed by atoms with Crippen molar-refractivity contribution in [3.63, 3.8) is 0 Å². The van der Waals surface area contributed by atoms with E-state index in [9.17, 15) is 9.59 Å². The van der Waals surface area contributed by atoms with Gasteiger partial charge in [0, 0.05) is 14.1 Å². The molecule has 0 aromatic carbocycles. The number of hydrogen-bond donors (Lipinski definition) is 1. The molecule has 2 heterocycles. The smallest absolute Gasteiger partial charge is 0.332 e. The van der Waals surface area contributed by atoms with Crippen molar-refractivity contribution in [3.05, 3.63) is 27.2 Å². The molecule has 0 radical (unpaired) electrons. The standard InChI is InChI=1S/C8H9N5O2/c1-12-6-4(5(9)10-3-11-6)7(14)13(2)8(12)15/h3H,1-2H3,(H2,9,10,11). The van der Waals surface area contributed by atoms with Crippen LogP contribution in [-0.4, -0.2) is 19.1 Å². The van der Waals surface area contributed by atoms with E-state index in [1.807, 2.05) is 0 Å². The van der Waals surface area contributed by atoms with Crippen LogP contribution >= 0.6 is 0 Å². The zero-order valence-electron chi connectivity index (χ0n) is 8.26. The highest BCUT2D eigenvalue weighted by molar-refractivity contribution is 5.83. The van der Waals surface area contributed by atoms with Gasteiger partial charge in [-0.05, 0) is 0 Å². The summed E-state index contributed by atoms with van der Waals surface area (Å²) in [5.41, 5.74) is 4.89. The molecule has 0 aliphatic carbocycles. The van der Waals surface area contributed by atoms with E-state index in [1.165, 1.54) is 25.0 Å². The van der Waals surface area contributed by atoms with Crippen LogP contribution in [0, 0.1) is 0 Å². The Balaban J connectivity index is 3.23. The number of nitrogens with two attached hydrogens (primary N) is 1. The topological polar surface area (TPSA) is 95.8 Å². The fourth-order valence-electron chi connectivity index (χ4n) is 1.42. The molecule has 0 bridgehead atoms. The molecule has 2 rings (SSSR count). The lowest BCUT2D eigenvalue weighted by Gasteiger charge is -2.06. The second-order valence-electron chi connectivity index (χ2n) is 3.16. The minimum absolute atomic E-state index is 0.0798. The van der Waals surface area contributed by atoms with E-state index < -0.39 is 11.2 Å². The molecule has 0 atom stereocenters. The van der Waals surface area contributed by atoms with E-state index >= 15 is 0 Å². The van der Waals surface area contributed by atoms with Gasteiger partial charge in [-0.15, -0.1) is 0 Å². The molecule has 7 nitrogen and oxygen atoms in total. The number of fused-ring (bicyclic) bond motifs is 1. The fraction of sp³-hybridized carbons (Fsp3) is 0.250. The minimum atomic E-state index is -0.480. The zero-order chi connectivity index (χ0) is 11.2. The van der Waals surface area contributed by atoms with Gasteiger partial charge in [0.15, 0.2) is 5.65 Å². The molecule has 7 heteroatoms. The summed E-state index contributed by atoms with van der Waals surface area (Å²) in [5.74, 6) is 0.0798. The van der Waals surface area contributed by atoms with E-state index in [1.54, 1.807) is 0 Å². The monoisotopic (exact) mass is 207 g/mol. The predicted octanol–water partition coefficient (Wildman–Crippen LogP) is -1.39. The van der Waals surface area contributed by atoms with Gasteiger partial charge in [0.1, 0.15) is 17.5 Å². The molecule has 0 spiro atoms. The van der Waals surface area contributed by atoms with Crippen molar-refractivity contribution >= 4 is 16.9 Å². The average molecular weight is 207 g/mol. The third kappa shape index (κ3) is 1.13. The van der Waals surface area contributed by atoms with Crippen LogP contribution in [0.1, 0.15) is 0 Å². The number of aryl methyl sites for hydroxylation is 1. The quantitative estimate of drug-likeness (QED) is 0.573. The van der Waals surface area contributed by atoms with Gasteiger partial charge in [-0.1, -0.05) is 0 Å². The third-order valence-electron chi connectivity index (χ3n) is 2.27. The van der Waals surface area contributed by atoms with Gasteiger partial charge in [-0.3, -0.25) is 13.9 Å². The molecule has 0 amide bonds. The Hall–Kier alpha value is -2.18. The zero-order valence-corrected chi connectivity index (χ0v) is 8.26. The highest BCUT2D eigenvalue weighted by Crippen LogP contribution is 2.08. The lowest BCUT2D eigenvalue weighted by atomic mass is 10.3. The second-order valence-corrected chi connectivity index (χ2v) is 3.16. The molecule has 0 aliphatic rings. The highest BCUT2D eigenvalue weighted by Gasteiger charge is 2.11. The van der Waals surface area contributed by atoms with Crippen molar-refractivity contribution in [2.75, 3.05) is 5.73 Å². The van der Waals surface area contributed by atoms with Crippen LogP contribution in [-0.2, 0) is 14.1 Å². The number of aromatic nitrogens is 4. The Morgan fingerprint density at radius 3 is 2.53 bits per heavy atom. The highest BCUT2D eigenvalue weighted by atomic mass is 16.2. The first-order chi connectivity index (χ1) is 7.04.